The van der Waals surface area contributed by atoms with Gasteiger partial charge in [0.25, 0.3) is 0 Å². The van der Waals surface area contributed by atoms with Crippen LogP contribution in [0.3, 0.4) is 0 Å². The number of fused-ring (bicyclic) bond motifs is 1. The van der Waals surface area contributed by atoms with Gasteiger partial charge in [-0.2, -0.15) is 0 Å². The topological polar surface area (TPSA) is 60.0 Å². The Balaban J connectivity index is 1.65. The number of hydrogen-bond donors (Lipinski definition) is 1. The Morgan fingerprint density at radius 2 is 2.22 bits per heavy atom. The zero-order valence-corrected chi connectivity index (χ0v) is 11.2. The predicted octanol–water partition coefficient (Wildman–Crippen LogP) is 0.783. The van der Waals surface area contributed by atoms with E-state index in [0.29, 0.717) is 12.0 Å². The molecule has 0 aliphatic carbocycles. The lowest BCUT2D eigenvalue weighted by Crippen LogP contribution is -2.30. The fourth-order valence-electron chi connectivity index (χ4n) is 3.12. The first-order valence-corrected chi connectivity index (χ1v) is 7.13. The Morgan fingerprint density at radius 3 is 3.00 bits per heavy atom. The van der Waals surface area contributed by atoms with E-state index in [2.05, 4.69) is 26.6 Å². The molecule has 100 valence electrons. The molecule has 2 unspecified atom stereocenters. The normalized spacial score (nSPS) is 26.2. The second-order valence-corrected chi connectivity index (χ2v) is 5.78. The third-order valence-electron chi connectivity index (χ3n) is 4.35. The predicted molar refractivity (Wildman–Crippen MR) is 70.0 cm³/mol. The highest BCUT2D eigenvalue weighted by atomic mass is 15.3. The molecule has 3 rings (SSSR count). The fraction of sp³-hybridized carbons (Fsp3) is 0.846. The third-order valence-corrected chi connectivity index (χ3v) is 4.35. The van der Waals surface area contributed by atoms with Crippen LogP contribution in [-0.2, 0) is 19.5 Å². The van der Waals surface area contributed by atoms with Gasteiger partial charge in [-0.15, -0.1) is 10.2 Å². The molecular formula is C13H23N5. The number of aryl methyl sites for hydroxylation is 1. The van der Waals surface area contributed by atoms with Gasteiger partial charge in [-0.25, -0.2) is 0 Å². The van der Waals surface area contributed by atoms with Crippen molar-refractivity contribution in [3.63, 3.8) is 0 Å². The van der Waals surface area contributed by atoms with E-state index >= 15 is 0 Å². The van der Waals surface area contributed by atoms with Crippen molar-refractivity contribution >= 4 is 0 Å². The van der Waals surface area contributed by atoms with E-state index < -0.39 is 0 Å². The maximum Gasteiger partial charge on any atom is 0.147 e. The Hall–Kier alpha value is -0.940. The quantitative estimate of drug-likeness (QED) is 0.860. The van der Waals surface area contributed by atoms with Crippen molar-refractivity contribution in [2.75, 3.05) is 13.1 Å². The van der Waals surface area contributed by atoms with E-state index in [1.54, 1.807) is 0 Å². The Morgan fingerprint density at radius 1 is 1.33 bits per heavy atom. The first-order chi connectivity index (χ1) is 8.74. The molecule has 2 atom stereocenters. The Kier molecular flexibility index (Phi) is 3.35. The molecule has 1 aromatic rings. The summed E-state index contributed by atoms with van der Waals surface area (Å²) in [5.41, 5.74) is 5.98. The molecule has 0 amide bonds. The summed E-state index contributed by atoms with van der Waals surface area (Å²) in [5, 5.41) is 8.69. The zero-order valence-electron chi connectivity index (χ0n) is 11.2. The maximum absolute atomic E-state index is 5.98. The van der Waals surface area contributed by atoms with Crippen molar-refractivity contribution in [1.82, 2.24) is 19.7 Å². The van der Waals surface area contributed by atoms with Crippen LogP contribution >= 0.6 is 0 Å². The highest BCUT2D eigenvalue weighted by Gasteiger charge is 2.27. The van der Waals surface area contributed by atoms with Crippen molar-refractivity contribution in [3.05, 3.63) is 11.6 Å². The summed E-state index contributed by atoms with van der Waals surface area (Å²) in [5.74, 6) is 2.97. The minimum absolute atomic E-state index is 0.308. The van der Waals surface area contributed by atoms with Crippen molar-refractivity contribution in [3.8, 4) is 0 Å². The van der Waals surface area contributed by atoms with Crippen LogP contribution in [0.1, 0.15) is 37.8 Å². The molecule has 0 bridgehead atoms. The van der Waals surface area contributed by atoms with Gasteiger partial charge in [0, 0.05) is 25.6 Å². The zero-order chi connectivity index (χ0) is 12.5. The van der Waals surface area contributed by atoms with Gasteiger partial charge >= 0.3 is 0 Å². The number of nitrogens with zero attached hydrogens (tertiary/aromatic N) is 4. The van der Waals surface area contributed by atoms with Crippen molar-refractivity contribution in [1.29, 1.82) is 0 Å². The second-order valence-electron chi connectivity index (χ2n) is 5.78. The lowest BCUT2D eigenvalue weighted by atomic mass is 10.0. The van der Waals surface area contributed by atoms with Crippen molar-refractivity contribution < 1.29 is 0 Å². The molecule has 0 spiro atoms. The summed E-state index contributed by atoms with van der Waals surface area (Å²) in [4.78, 5) is 2.47. The van der Waals surface area contributed by atoms with Gasteiger partial charge in [0.2, 0.25) is 0 Å². The number of hydrogen-bond acceptors (Lipinski definition) is 4. The van der Waals surface area contributed by atoms with Crippen LogP contribution in [-0.4, -0.2) is 38.8 Å². The van der Waals surface area contributed by atoms with Crippen molar-refractivity contribution in [2.24, 2.45) is 11.7 Å². The molecule has 2 aliphatic heterocycles. The van der Waals surface area contributed by atoms with Gasteiger partial charge in [0.1, 0.15) is 11.6 Å². The Labute approximate surface area is 108 Å². The van der Waals surface area contributed by atoms with Gasteiger partial charge in [-0.3, -0.25) is 4.90 Å². The number of rotatable bonds is 3. The molecule has 3 heterocycles. The van der Waals surface area contributed by atoms with E-state index in [1.807, 2.05) is 0 Å². The third kappa shape index (κ3) is 2.29. The van der Waals surface area contributed by atoms with Gasteiger partial charge < -0.3 is 10.3 Å². The van der Waals surface area contributed by atoms with Gasteiger partial charge in [0.05, 0.1) is 6.54 Å². The molecule has 0 radical (unpaired) electrons. The van der Waals surface area contributed by atoms with Crippen LogP contribution < -0.4 is 5.73 Å². The molecule has 2 N–H and O–H groups in total. The highest BCUT2D eigenvalue weighted by molar-refractivity contribution is 4.99. The summed E-state index contributed by atoms with van der Waals surface area (Å²) >= 11 is 0. The first-order valence-electron chi connectivity index (χ1n) is 7.13. The average molecular weight is 249 g/mol. The van der Waals surface area contributed by atoms with Crippen LogP contribution in [0, 0.1) is 5.92 Å². The molecule has 0 saturated carbocycles. The second kappa shape index (κ2) is 4.97. The number of likely N-dealkylation sites (tertiary alicyclic amines) is 1. The number of nitrogens with two attached hydrogens (primary N) is 1. The molecule has 1 fully saturated rings. The van der Waals surface area contributed by atoms with Crippen LogP contribution in [0.2, 0.25) is 0 Å². The number of aromatic nitrogens is 3. The van der Waals surface area contributed by atoms with E-state index in [9.17, 15) is 0 Å². The van der Waals surface area contributed by atoms with Gasteiger partial charge in [-0.1, -0.05) is 0 Å². The monoisotopic (exact) mass is 249 g/mol. The van der Waals surface area contributed by atoms with Crippen LogP contribution in [0.5, 0.6) is 0 Å². The lowest BCUT2D eigenvalue weighted by Gasteiger charge is -2.19. The minimum atomic E-state index is 0.308. The Bertz CT molecular complexity index is 412. The minimum Gasteiger partial charge on any atom is -0.328 e. The first kappa shape index (κ1) is 12.1. The molecule has 18 heavy (non-hydrogen) atoms. The molecule has 0 aromatic carbocycles. The molecule has 1 aromatic heterocycles. The summed E-state index contributed by atoms with van der Waals surface area (Å²) in [6, 6.07) is 0.308. The van der Waals surface area contributed by atoms with E-state index in [0.717, 1.165) is 38.4 Å². The highest BCUT2D eigenvalue weighted by Crippen LogP contribution is 2.21. The molecular weight excluding hydrogens is 226 g/mol. The summed E-state index contributed by atoms with van der Waals surface area (Å²) in [7, 11) is 0. The maximum atomic E-state index is 5.98. The van der Waals surface area contributed by atoms with Gasteiger partial charge in [0.15, 0.2) is 0 Å². The summed E-state index contributed by atoms with van der Waals surface area (Å²) < 4.78 is 2.32. The molecule has 1 saturated heterocycles. The SMILES string of the molecule is CC(N)C1CCN(Cc2nnc3n2CCCC3)C1. The van der Waals surface area contributed by atoms with Crippen molar-refractivity contribution in [2.45, 2.75) is 51.7 Å². The van der Waals surface area contributed by atoms with E-state index in [1.165, 1.54) is 25.1 Å². The van der Waals surface area contributed by atoms with E-state index in [-0.39, 0.29) is 0 Å². The molecule has 2 aliphatic rings. The van der Waals surface area contributed by atoms with Gasteiger partial charge in [-0.05, 0) is 38.6 Å². The average Bonchev–Trinajstić information content (AvgIpc) is 2.98. The smallest absolute Gasteiger partial charge is 0.147 e. The lowest BCUT2D eigenvalue weighted by molar-refractivity contribution is 0.293. The summed E-state index contributed by atoms with van der Waals surface area (Å²) in [6.07, 6.45) is 4.84. The fourth-order valence-corrected chi connectivity index (χ4v) is 3.12. The largest absolute Gasteiger partial charge is 0.328 e. The summed E-state index contributed by atoms with van der Waals surface area (Å²) in [6.45, 7) is 6.42. The molecule has 5 heteroatoms. The van der Waals surface area contributed by atoms with Crippen LogP contribution in [0.4, 0.5) is 0 Å². The standard InChI is InChI=1S/C13H23N5/c1-10(14)11-5-7-17(8-11)9-13-16-15-12-4-2-3-6-18(12)13/h10-11H,2-9,14H2,1H3. The molecule has 5 nitrogen and oxygen atoms in total. The van der Waals surface area contributed by atoms with E-state index in [4.69, 9.17) is 5.73 Å². The van der Waals surface area contributed by atoms with Crippen LogP contribution in [0.25, 0.3) is 0 Å². The van der Waals surface area contributed by atoms with Crippen LogP contribution in [0.15, 0.2) is 0 Å².